The van der Waals surface area contributed by atoms with E-state index >= 15 is 0 Å². The van der Waals surface area contributed by atoms with Gasteiger partial charge in [-0.2, -0.15) is 0 Å². The van der Waals surface area contributed by atoms with Crippen molar-refractivity contribution >= 4 is 21.8 Å². The van der Waals surface area contributed by atoms with Crippen molar-refractivity contribution in [2.24, 2.45) is 0 Å². The maximum atomic E-state index is 4.53. The van der Waals surface area contributed by atoms with Crippen LogP contribution in [0.2, 0.25) is 0 Å². The first-order valence-corrected chi connectivity index (χ1v) is 6.04. The lowest BCUT2D eigenvalue weighted by Crippen LogP contribution is -1.95. The number of hydrogen-bond acceptors (Lipinski definition) is 6. The number of fused-ring (bicyclic) bond motifs is 2. The molecule has 0 atom stereocenters. The highest BCUT2D eigenvalue weighted by Gasteiger charge is 2.09. The Hall–Kier alpha value is -3.02. The molecule has 4 heterocycles. The van der Waals surface area contributed by atoms with Gasteiger partial charge in [0, 0.05) is 35.6 Å². The molecule has 0 bridgehead atoms. The molecule has 4 aromatic rings. The van der Waals surface area contributed by atoms with E-state index in [-0.39, 0.29) is 0 Å². The van der Waals surface area contributed by atoms with Crippen molar-refractivity contribution in [3.63, 3.8) is 0 Å². The molecule has 0 fully saturated rings. The van der Waals surface area contributed by atoms with Crippen LogP contribution in [-0.2, 0) is 0 Å². The molecule has 0 aliphatic carbocycles. The standard InChI is InChI=1S/C14H8N6/c1-3-16-7-12-10(1)13(19-8-18-12)14-17-6-9-5-15-4-2-11(9)20-14/h1-8H. The molecule has 0 saturated carbocycles. The molecule has 0 radical (unpaired) electrons. The van der Waals surface area contributed by atoms with Crippen molar-refractivity contribution in [1.82, 2.24) is 29.9 Å². The minimum absolute atomic E-state index is 0.572. The number of aromatic nitrogens is 6. The van der Waals surface area contributed by atoms with Crippen LogP contribution in [0.4, 0.5) is 0 Å². The first-order chi connectivity index (χ1) is 9.92. The number of hydrogen-bond donors (Lipinski definition) is 0. The van der Waals surface area contributed by atoms with Gasteiger partial charge in [-0.1, -0.05) is 0 Å². The van der Waals surface area contributed by atoms with E-state index in [0.29, 0.717) is 11.5 Å². The van der Waals surface area contributed by atoms with Gasteiger partial charge in [-0.05, 0) is 12.1 Å². The Labute approximate surface area is 113 Å². The minimum atomic E-state index is 0.572. The predicted molar refractivity (Wildman–Crippen MR) is 73.7 cm³/mol. The molecule has 0 aromatic carbocycles. The van der Waals surface area contributed by atoms with E-state index in [2.05, 4.69) is 29.9 Å². The molecule has 0 amide bonds. The summed E-state index contributed by atoms with van der Waals surface area (Å²) in [5.41, 5.74) is 2.32. The van der Waals surface area contributed by atoms with Crippen LogP contribution in [0, 0.1) is 0 Å². The lowest BCUT2D eigenvalue weighted by molar-refractivity contribution is 1.14. The average molecular weight is 260 g/mol. The van der Waals surface area contributed by atoms with Crippen molar-refractivity contribution < 1.29 is 0 Å². The first-order valence-electron chi connectivity index (χ1n) is 6.04. The molecule has 4 rings (SSSR count). The summed E-state index contributed by atoms with van der Waals surface area (Å²) in [6, 6.07) is 3.72. The summed E-state index contributed by atoms with van der Waals surface area (Å²) < 4.78 is 0. The van der Waals surface area contributed by atoms with Crippen LogP contribution in [0.1, 0.15) is 0 Å². The third kappa shape index (κ3) is 1.66. The van der Waals surface area contributed by atoms with Gasteiger partial charge in [0.25, 0.3) is 0 Å². The van der Waals surface area contributed by atoms with Crippen LogP contribution < -0.4 is 0 Å². The SMILES string of the molecule is c1cc2nc(-c3ncnc4cnccc34)ncc2cn1. The smallest absolute Gasteiger partial charge is 0.179 e. The number of nitrogens with zero attached hydrogens (tertiary/aromatic N) is 6. The summed E-state index contributed by atoms with van der Waals surface area (Å²) in [5.74, 6) is 0.572. The van der Waals surface area contributed by atoms with E-state index in [0.717, 1.165) is 21.8 Å². The zero-order valence-electron chi connectivity index (χ0n) is 10.3. The molecule has 0 saturated heterocycles. The zero-order chi connectivity index (χ0) is 13.4. The quantitative estimate of drug-likeness (QED) is 0.521. The van der Waals surface area contributed by atoms with Crippen LogP contribution in [0.3, 0.4) is 0 Å². The molecular weight excluding hydrogens is 252 g/mol. The summed E-state index contributed by atoms with van der Waals surface area (Å²) >= 11 is 0. The molecule has 0 unspecified atom stereocenters. The van der Waals surface area contributed by atoms with Crippen molar-refractivity contribution in [3.05, 3.63) is 49.4 Å². The fraction of sp³-hybridized carbons (Fsp3) is 0. The number of rotatable bonds is 1. The van der Waals surface area contributed by atoms with Crippen molar-refractivity contribution in [3.8, 4) is 11.5 Å². The molecule has 0 spiro atoms. The Morgan fingerprint density at radius 3 is 2.65 bits per heavy atom. The Balaban J connectivity index is 2.01. The maximum absolute atomic E-state index is 4.53. The van der Waals surface area contributed by atoms with Crippen molar-refractivity contribution in [2.75, 3.05) is 0 Å². The highest BCUT2D eigenvalue weighted by Crippen LogP contribution is 2.22. The lowest BCUT2D eigenvalue weighted by atomic mass is 10.2. The molecule has 0 N–H and O–H groups in total. The van der Waals surface area contributed by atoms with Gasteiger partial charge in [0.2, 0.25) is 0 Å². The van der Waals surface area contributed by atoms with E-state index in [1.165, 1.54) is 6.33 Å². The Bertz CT molecular complexity index is 916. The van der Waals surface area contributed by atoms with E-state index in [1.54, 1.807) is 31.0 Å². The second-order valence-corrected chi connectivity index (χ2v) is 4.24. The Kier molecular flexibility index (Phi) is 2.32. The molecule has 20 heavy (non-hydrogen) atoms. The Morgan fingerprint density at radius 2 is 1.65 bits per heavy atom. The third-order valence-corrected chi connectivity index (χ3v) is 3.03. The van der Waals surface area contributed by atoms with Gasteiger partial charge in [-0.15, -0.1) is 0 Å². The molecule has 94 valence electrons. The Morgan fingerprint density at radius 1 is 0.750 bits per heavy atom. The molecule has 4 aromatic heterocycles. The zero-order valence-corrected chi connectivity index (χ0v) is 10.3. The van der Waals surface area contributed by atoms with E-state index in [1.807, 2.05) is 12.1 Å². The van der Waals surface area contributed by atoms with Crippen molar-refractivity contribution in [2.45, 2.75) is 0 Å². The monoisotopic (exact) mass is 260 g/mol. The highest BCUT2D eigenvalue weighted by molar-refractivity contribution is 5.90. The molecule has 0 aliphatic heterocycles. The average Bonchev–Trinajstić information content (AvgIpc) is 2.54. The molecule has 6 heteroatoms. The summed E-state index contributed by atoms with van der Waals surface area (Å²) in [6.07, 6.45) is 10.1. The topological polar surface area (TPSA) is 77.3 Å². The third-order valence-electron chi connectivity index (χ3n) is 3.03. The predicted octanol–water partition coefficient (Wildman–Crippen LogP) is 2.03. The summed E-state index contributed by atoms with van der Waals surface area (Å²) in [6.45, 7) is 0. The van der Waals surface area contributed by atoms with Gasteiger partial charge >= 0.3 is 0 Å². The summed E-state index contributed by atoms with van der Waals surface area (Å²) in [7, 11) is 0. The lowest BCUT2D eigenvalue weighted by Gasteiger charge is -2.04. The van der Waals surface area contributed by atoms with Crippen LogP contribution in [0.15, 0.2) is 49.4 Å². The van der Waals surface area contributed by atoms with Crippen LogP contribution in [0.25, 0.3) is 33.3 Å². The van der Waals surface area contributed by atoms with Gasteiger partial charge in [0.05, 0.1) is 17.2 Å². The highest BCUT2D eigenvalue weighted by atomic mass is 14.9. The van der Waals surface area contributed by atoms with Crippen LogP contribution in [-0.4, -0.2) is 29.9 Å². The van der Waals surface area contributed by atoms with Crippen molar-refractivity contribution in [1.29, 1.82) is 0 Å². The van der Waals surface area contributed by atoms with Gasteiger partial charge < -0.3 is 0 Å². The summed E-state index contributed by atoms with van der Waals surface area (Å²) in [4.78, 5) is 25.5. The largest absolute Gasteiger partial charge is 0.264 e. The van der Waals surface area contributed by atoms with Crippen LogP contribution in [0.5, 0.6) is 0 Å². The fourth-order valence-electron chi connectivity index (χ4n) is 2.07. The second-order valence-electron chi connectivity index (χ2n) is 4.24. The maximum Gasteiger partial charge on any atom is 0.179 e. The number of pyridine rings is 2. The summed E-state index contributed by atoms with van der Waals surface area (Å²) in [5, 5.41) is 1.78. The molecular formula is C14H8N6. The van der Waals surface area contributed by atoms with E-state index in [9.17, 15) is 0 Å². The normalized spacial score (nSPS) is 11.0. The van der Waals surface area contributed by atoms with E-state index in [4.69, 9.17) is 0 Å². The van der Waals surface area contributed by atoms with Gasteiger partial charge in [-0.25, -0.2) is 19.9 Å². The second kappa shape index (κ2) is 4.27. The molecule has 6 nitrogen and oxygen atoms in total. The fourth-order valence-corrected chi connectivity index (χ4v) is 2.07. The van der Waals surface area contributed by atoms with Crippen LogP contribution >= 0.6 is 0 Å². The van der Waals surface area contributed by atoms with Gasteiger partial charge in [-0.3, -0.25) is 9.97 Å². The first kappa shape index (κ1) is 10.9. The van der Waals surface area contributed by atoms with Gasteiger partial charge in [0.15, 0.2) is 5.82 Å². The molecule has 0 aliphatic rings. The van der Waals surface area contributed by atoms with E-state index < -0.39 is 0 Å². The minimum Gasteiger partial charge on any atom is -0.264 e. The van der Waals surface area contributed by atoms with Gasteiger partial charge in [0.1, 0.15) is 12.0 Å².